The van der Waals surface area contributed by atoms with Crippen molar-refractivity contribution >= 4 is 12.0 Å². The standard InChI is InChI=1S/C11H19N5O3/c1-3-16(9(2)8-10(17)18)11(19)12-4-6-15-7-5-13-14-15/h5,7,9H,3-4,6,8H2,1-2H3,(H,12,19)(H,17,18). The molecule has 1 atom stereocenters. The van der Waals surface area contributed by atoms with Crippen molar-refractivity contribution in [3.8, 4) is 0 Å². The van der Waals surface area contributed by atoms with Gasteiger partial charge in [0.2, 0.25) is 0 Å². The maximum atomic E-state index is 11.9. The first-order valence-electron chi connectivity index (χ1n) is 6.15. The second kappa shape index (κ2) is 7.34. The Balaban J connectivity index is 2.38. The molecule has 0 aromatic carbocycles. The molecule has 8 heteroatoms. The zero-order valence-electron chi connectivity index (χ0n) is 11.1. The smallest absolute Gasteiger partial charge is 0.317 e. The van der Waals surface area contributed by atoms with E-state index < -0.39 is 5.97 Å². The Labute approximate surface area is 111 Å². The zero-order chi connectivity index (χ0) is 14.3. The van der Waals surface area contributed by atoms with Crippen molar-refractivity contribution in [3.63, 3.8) is 0 Å². The number of carboxylic acid groups (broad SMARTS) is 1. The van der Waals surface area contributed by atoms with Crippen molar-refractivity contribution in [2.45, 2.75) is 32.9 Å². The normalized spacial score (nSPS) is 11.9. The molecule has 2 amide bonds. The molecule has 0 saturated heterocycles. The van der Waals surface area contributed by atoms with E-state index >= 15 is 0 Å². The monoisotopic (exact) mass is 269 g/mol. The molecular formula is C11H19N5O3. The summed E-state index contributed by atoms with van der Waals surface area (Å²) in [5, 5.41) is 18.9. The van der Waals surface area contributed by atoms with Gasteiger partial charge in [-0.3, -0.25) is 9.48 Å². The maximum Gasteiger partial charge on any atom is 0.317 e. The summed E-state index contributed by atoms with van der Waals surface area (Å²) in [6.45, 7) is 4.93. The second-order valence-corrected chi connectivity index (χ2v) is 4.13. The van der Waals surface area contributed by atoms with Crippen LogP contribution in [0.25, 0.3) is 0 Å². The van der Waals surface area contributed by atoms with Gasteiger partial charge in [0.25, 0.3) is 0 Å². The minimum absolute atomic E-state index is 0.0651. The van der Waals surface area contributed by atoms with Crippen molar-refractivity contribution in [1.29, 1.82) is 0 Å². The number of urea groups is 1. The first-order valence-corrected chi connectivity index (χ1v) is 6.15. The summed E-state index contributed by atoms with van der Waals surface area (Å²) in [6.07, 6.45) is 3.20. The highest BCUT2D eigenvalue weighted by Gasteiger charge is 2.20. The van der Waals surface area contributed by atoms with Gasteiger partial charge in [-0.25, -0.2) is 4.79 Å². The SMILES string of the molecule is CCN(C(=O)NCCn1ccnn1)C(C)CC(=O)O. The number of aliphatic carboxylic acids is 1. The molecule has 19 heavy (non-hydrogen) atoms. The lowest BCUT2D eigenvalue weighted by Gasteiger charge is -2.27. The van der Waals surface area contributed by atoms with Crippen molar-refractivity contribution in [3.05, 3.63) is 12.4 Å². The van der Waals surface area contributed by atoms with E-state index in [9.17, 15) is 9.59 Å². The lowest BCUT2D eigenvalue weighted by atomic mass is 10.2. The highest BCUT2D eigenvalue weighted by molar-refractivity contribution is 5.75. The Kier molecular flexibility index (Phi) is 5.77. The molecule has 0 bridgehead atoms. The lowest BCUT2D eigenvalue weighted by Crippen LogP contribution is -2.46. The largest absolute Gasteiger partial charge is 0.481 e. The van der Waals surface area contributed by atoms with E-state index in [1.54, 1.807) is 24.0 Å². The Hall–Kier alpha value is -2.12. The van der Waals surface area contributed by atoms with Gasteiger partial charge in [0.1, 0.15) is 0 Å². The summed E-state index contributed by atoms with van der Waals surface area (Å²) >= 11 is 0. The van der Waals surface area contributed by atoms with E-state index in [-0.39, 0.29) is 18.5 Å². The quantitative estimate of drug-likeness (QED) is 0.735. The summed E-state index contributed by atoms with van der Waals surface area (Å²) in [7, 11) is 0. The van der Waals surface area contributed by atoms with Gasteiger partial charge in [-0.05, 0) is 13.8 Å². The summed E-state index contributed by atoms with van der Waals surface area (Å²) in [5.74, 6) is -0.915. The molecule has 2 N–H and O–H groups in total. The molecule has 0 aliphatic rings. The van der Waals surface area contributed by atoms with Crippen LogP contribution in [0.1, 0.15) is 20.3 Å². The van der Waals surface area contributed by atoms with Gasteiger partial charge >= 0.3 is 12.0 Å². The zero-order valence-corrected chi connectivity index (χ0v) is 11.1. The number of carbonyl (C=O) groups is 2. The lowest BCUT2D eigenvalue weighted by molar-refractivity contribution is -0.138. The van der Waals surface area contributed by atoms with Gasteiger partial charge in [0.05, 0.1) is 19.2 Å². The molecule has 1 aromatic rings. The van der Waals surface area contributed by atoms with Crippen LogP contribution in [0.5, 0.6) is 0 Å². The maximum absolute atomic E-state index is 11.9. The van der Waals surface area contributed by atoms with E-state index in [1.165, 1.54) is 4.90 Å². The highest BCUT2D eigenvalue weighted by Crippen LogP contribution is 2.04. The van der Waals surface area contributed by atoms with Crippen LogP contribution >= 0.6 is 0 Å². The van der Waals surface area contributed by atoms with Crippen LogP contribution < -0.4 is 5.32 Å². The highest BCUT2D eigenvalue weighted by atomic mass is 16.4. The molecular weight excluding hydrogens is 250 g/mol. The van der Waals surface area contributed by atoms with Crippen LogP contribution in [0.2, 0.25) is 0 Å². The minimum atomic E-state index is -0.915. The van der Waals surface area contributed by atoms with Crippen LogP contribution in [0, 0.1) is 0 Å². The molecule has 1 heterocycles. The molecule has 8 nitrogen and oxygen atoms in total. The summed E-state index contributed by atoms with van der Waals surface area (Å²) in [4.78, 5) is 24.0. The minimum Gasteiger partial charge on any atom is -0.481 e. The summed E-state index contributed by atoms with van der Waals surface area (Å²) in [5.41, 5.74) is 0. The molecule has 1 aromatic heterocycles. The molecule has 0 aliphatic carbocycles. The third-order valence-electron chi connectivity index (χ3n) is 2.69. The molecule has 1 unspecified atom stereocenters. The Morgan fingerprint density at radius 1 is 1.53 bits per heavy atom. The number of hydrogen-bond donors (Lipinski definition) is 2. The van der Waals surface area contributed by atoms with E-state index in [4.69, 9.17) is 5.11 Å². The van der Waals surface area contributed by atoms with Gasteiger partial charge in [0.15, 0.2) is 0 Å². The average Bonchev–Trinajstić information content (AvgIpc) is 2.82. The molecule has 0 aliphatic heterocycles. The molecule has 106 valence electrons. The van der Waals surface area contributed by atoms with Crippen LogP contribution in [-0.2, 0) is 11.3 Å². The average molecular weight is 269 g/mol. The number of carbonyl (C=O) groups excluding carboxylic acids is 1. The van der Waals surface area contributed by atoms with Crippen molar-refractivity contribution < 1.29 is 14.7 Å². The number of rotatable bonds is 7. The number of hydrogen-bond acceptors (Lipinski definition) is 4. The first-order chi connectivity index (χ1) is 9.04. The van der Waals surface area contributed by atoms with Gasteiger partial charge in [-0.1, -0.05) is 5.21 Å². The van der Waals surface area contributed by atoms with Crippen LogP contribution in [-0.4, -0.2) is 56.1 Å². The van der Waals surface area contributed by atoms with E-state index in [1.807, 2.05) is 6.92 Å². The molecule has 0 saturated carbocycles. The van der Waals surface area contributed by atoms with E-state index in [0.717, 1.165) is 0 Å². The Bertz CT molecular complexity index is 406. The van der Waals surface area contributed by atoms with Crippen LogP contribution in [0.3, 0.4) is 0 Å². The third kappa shape index (κ3) is 4.94. The molecule has 0 fully saturated rings. The van der Waals surface area contributed by atoms with E-state index in [0.29, 0.717) is 19.6 Å². The first kappa shape index (κ1) is 14.9. The molecule has 0 radical (unpaired) electrons. The van der Waals surface area contributed by atoms with Crippen molar-refractivity contribution in [2.24, 2.45) is 0 Å². The van der Waals surface area contributed by atoms with Gasteiger partial charge in [0, 0.05) is 25.3 Å². The fourth-order valence-corrected chi connectivity index (χ4v) is 1.75. The predicted molar refractivity (Wildman–Crippen MR) is 67.5 cm³/mol. The van der Waals surface area contributed by atoms with Crippen LogP contribution in [0.15, 0.2) is 12.4 Å². The molecule has 1 rings (SSSR count). The number of nitrogens with one attached hydrogen (secondary N) is 1. The number of amides is 2. The fraction of sp³-hybridized carbons (Fsp3) is 0.636. The fourth-order valence-electron chi connectivity index (χ4n) is 1.75. The number of nitrogens with zero attached hydrogens (tertiary/aromatic N) is 4. The van der Waals surface area contributed by atoms with Crippen LogP contribution in [0.4, 0.5) is 4.79 Å². The summed E-state index contributed by atoms with van der Waals surface area (Å²) in [6, 6.07) is -0.606. The van der Waals surface area contributed by atoms with Gasteiger partial charge in [-0.15, -0.1) is 5.10 Å². The second-order valence-electron chi connectivity index (χ2n) is 4.13. The number of aromatic nitrogens is 3. The third-order valence-corrected chi connectivity index (χ3v) is 2.69. The van der Waals surface area contributed by atoms with Gasteiger partial charge in [-0.2, -0.15) is 0 Å². The summed E-state index contributed by atoms with van der Waals surface area (Å²) < 4.78 is 1.61. The van der Waals surface area contributed by atoms with Gasteiger partial charge < -0.3 is 15.3 Å². The number of carboxylic acids is 1. The van der Waals surface area contributed by atoms with Crippen molar-refractivity contribution in [2.75, 3.05) is 13.1 Å². The van der Waals surface area contributed by atoms with Crippen molar-refractivity contribution in [1.82, 2.24) is 25.2 Å². The molecule has 0 spiro atoms. The predicted octanol–water partition coefficient (Wildman–Crippen LogP) is 0.173. The Morgan fingerprint density at radius 2 is 2.26 bits per heavy atom. The van der Waals surface area contributed by atoms with E-state index in [2.05, 4.69) is 15.6 Å². The Morgan fingerprint density at radius 3 is 2.79 bits per heavy atom. The topological polar surface area (TPSA) is 100 Å².